The van der Waals surface area contributed by atoms with Crippen molar-refractivity contribution >= 4 is 50.8 Å². The molecule has 0 saturated heterocycles. The Labute approximate surface area is 235 Å². The number of rotatable bonds is 9. The number of Topliss-reactive ketones (excluding diaryl/α,β-unsaturated/α-hetero) is 1. The van der Waals surface area contributed by atoms with Gasteiger partial charge in [0, 0.05) is 22.6 Å². The number of sulfonamides is 1. The highest BCUT2D eigenvalue weighted by molar-refractivity contribution is 7.98. The standard InChI is InChI=1S/C26H27Cl2FN4O3S2/c1-25(2)17-9-10-26(25,22(34)11-17)15-38(35,36)30-13-23-31-32-24(37-14-16-3-6-19(29)7-4-16)33(23)21-8-5-18(27)12-20(21)28/h3-8,12,17,30H,9-11,13-15H2,1-2H3. The minimum Gasteiger partial charge on any atom is -0.299 e. The number of nitrogens with zero attached hydrogens (tertiary/aromatic N) is 3. The molecule has 1 N–H and O–H groups in total. The number of thioether (sulfide) groups is 1. The lowest BCUT2D eigenvalue weighted by Gasteiger charge is -2.36. The van der Waals surface area contributed by atoms with Crippen LogP contribution in [0.5, 0.6) is 0 Å². The van der Waals surface area contributed by atoms with E-state index >= 15 is 0 Å². The van der Waals surface area contributed by atoms with Gasteiger partial charge < -0.3 is 0 Å². The van der Waals surface area contributed by atoms with Crippen LogP contribution in [0, 0.1) is 22.6 Å². The Hall–Kier alpha value is -1.98. The Kier molecular flexibility index (Phi) is 7.41. The Morgan fingerprint density at radius 2 is 1.89 bits per heavy atom. The predicted molar refractivity (Wildman–Crippen MR) is 147 cm³/mol. The highest BCUT2D eigenvalue weighted by Gasteiger charge is 2.65. The van der Waals surface area contributed by atoms with Crippen molar-refractivity contribution in [1.29, 1.82) is 0 Å². The lowest BCUT2D eigenvalue weighted by atomic mass is 9.70. The van der Waals surface area contributed by atoms with Gasteiger partial charge in [0.15, 0.2) is 11.0 Å². The topological polar surface area (TPSA) is 93.9 Å². The average Bonchev–Trinajstić information content (AvgIpc) is 3.41. The number of fused-ring (bicyclic) bond motifs is 2. The van der Waals surface area contributed by atoms with E-state index in [1.165, 1.54) is 23.9 Å². The van der Waals surface area contributed by atoms with Crippen molar-refractivity contribution in [1.82, 2.24) is 19.5 Å². The van der Waals surface area contributed by atoms with Crippen molar-refractivity contribution in [2.75, 3.05) is 5.75 Å². The molecule has 2 aromatic carbocycles. The third kappa shape index (κ3) is 5.01. The summed E-state index contributed by atoms with van der Waals surface area (Å²) in [6.07, 6.45) is 1.90. The van der Waals surface area contributed by atoms with Crippen molar-refractivity contribution in [3.8, 4) is 5.69 Å². The van der Waals surface area contributed by atoms with Crippen molar-refractivity contribution in [2.24, 2.45) is 16.7 Å². The smallest absolute Gasteiger partial charge is 0.213 e. The zero-order valence-corrected chi connectivity index (χ0v) is 24.0. The zero-order chi connectivity index (χ0) is 27.3. The fourth-order valence-corrected chi connectivity index (χ4v) is 8.99. The zero-order valence-electron chi connectivity index (χ0n) is 20.9. The van der Waals surface area contributed by atoms with Gasteiger partial charge >= 0.3 is 0 Å². The summed E-state index contributed by atoms with van der Waals surface area (Å²) in [5.41, 5.74) is 0.196. The van der Waals surface area contributed by atoms with Gasteiger partial charge in [0.05, 0.1) is 23.0 Å². The molecule has 38 heavy (non-hydrogen) atoms. The quantitative estimate of drug-likeness (QED) is 0.313. The van der Waals surface area contributed by atoms with E-state index in [-0.39, 0.29) is 35.2 Å². The van der Waals surface area contributed by atoms with Gasteiger partial charge in [-0.25, -0.2) is 17.5 Å². The minimum absolute atomic E-state index is 0.0414. The number of carbonyl (C=O) groups is 1. The molecule has 0 spiro atoms. The summed E-state index contributed by atoms with van der Waals surface area (Å²) in [5, 5.41) is 9.82. The van der Waals surface area contributed by atoms with Crippen molar-refractivity contribution < 1.29 is 17.6 Å². The molecule has 0 aliphatic heterocycles. The van der Waals surface area contributed by atoms with Crippen molar-refractivity contribution in [3.05, 3.63) is 69.7 Å². The summed E-state index contributed by atoms with van der Waals surface area (Å²) >= 11 is 14.0. The molecular weight excluding hydrogens is 570 g/mol. The predicted octanol–water partition coefficient (Wildman–Crippen LogP) is 5.82. The lowest BCUT2D eigenvalue weighted by molar-refractivity contribution is -0.128. The van der Waals surface area contributed by atoms with Gasteiger partial charge in [-0.1, -0.05) is 60.9 Å². The Morgan fingerprint density at radius 1 is 1.16 bits per heavy atom. The molecule has 5 rings (SSSR count). The molecule has 1 heterocycles. The van der Waals surface area contributed by atoms with Crippen LogP contribution in [-0.2, 0) is 27.1 Å². The second-order valence-corrected chi connectivity index (χ2v) is 14.1. The summed E-state index contributed by atoms with van der Waals surface area (Å²) in [7, 11) is -3.83. The molecule has 0 radical (unpaired) electrons. The summed E-state index contributed by atoms with van der Waals surface area (Å²) in [6, 6.07) is 11.1. The largest absolute Gasteiger partial charge is 0.299 e. The lowest BCUT2D eigenvalue weighted by Crippen LogP contribution is -2.45. The highest BCUT2D eigenvalue weighted by Crippen LogP contribution is 2.64. The maximum atomic E-state index is 13.3. The maximum Gasteiger partial charge on any atom is 0.213 e. The molecule has 1 aromatic heterocycles. The van der Waals surface area contributed by atoms with E-state index < -0.39 is 15.4 Å². The van der Waals surface area contributed by atoms with E-state index in [1.807, 2.05) is 13.8 Å². The molecule has 2 aliphatic carbocycles. The maximum absolute atomic E-state index is 13.3. The number of hydrogen-bond donors (Lipinski definition) is 1. The molecule has 3 aromatic rings. The fourth-order valence-electron chi connectivity index (χ4n) is 5.80. The molecular formula is C26H27Cl2FN4O3S2. The molecule has 12 heteroatoms. The Morgan fingerprint density at radius 3 is 2.53 bits per heavy atom. The van der Waals surface area contributed by atoms with Crippen LogP contribution in [-0.4, -0.2) is 34.7 Å². The number of nitrogens with one attached hydrogen (secondary N) is 1. The van der Waals surface area contributed by atoms with Gasteiger partial charge in [0.2, 0.25) is 10.0 Å². The van der Waals surface area contributed by atoms with Gasteiger partial charge in [-0.2, -0.15) is 0 Å². The summed E-state index contributed by atoms with van der Waals surface area (Å²) in [4.78, 5) is 12.9. The molecule has 2 aliphatic rings. The molecule has 0 amide bonds. The molecule has 7 nitrogen and oxygen atoms in total. The third-order valence-corrected chi connectivity index (χ3v) is 11.2. The van der Waals surface area contributed by atoms with Crippen LogP contribution in [0.4, 0.5) is 4.39 Å². The van der Waals surface area contributed by atoms with E-state index in [0.29, 0.717) is 45.3 Å². The number of halogens is 3. The van der Waals surface area contributed by atoms with E-state index in [1.54, 1.807) is 34.9 Å². The van der Waals surface area contributed by atoms with Crippen molar-refractivity contribution in [3.63, 3.8) is 0 Å². The first-order valence-corrected chi connectivity index (χ1v) is 15.6. The number of ketones is 1. The minimum atomic E-state index is -3.83. The van der Waals surface area contributed by atoms with Crippen LogP contribution in [0.1, 0.15) is 44.5 Å². The number of benzene rings is 2. The van der Waals surface area contributed by atoms with Gasteiger partial charge in [-0.15, -0.1) is 10.2 Å². The summed E-state index contributed by atoms with van der Waals surface area (Å²) in [5.74, 6) is 0.513. The van der Waals surface area contributed by atoms with Crippen LogP contribution in [0.15, 0.2) is 47.6 Å². The first-order chi connectivity index (χ1) is 17.9. The molecule has 2 fully saturated rings. The fraction of sp³-hybridized carbons (Fsp3) is 0.423. The second kappa shape index (κ2) is 10.2. The van der Waals surface area contributed by atoms with Gasteiger partial charge in [0.25, 0.3) is 0 Å². The van der Waals surface area contributed by atoms with Crippen LogP contribution in [0.2, 0.25) is 10.0 Å². The van der Waals surface area contributed by atoms with Gasteiger partial charge in [-0.05, 0) is 60.1 Å². The van der Waals surface area contributed by atoms with E-state index in [0.717, 1.165) is 12.0 Å². The monoisotopic (exact) mass is 596 g/mol. The Bertz CT molecular complexity index is 1490. The highest BCUT2D eigenvalue weighted by atomic mass is 35.5. The van der Waals surface area contributed by atoms with E-state index in [4.69, 9.17) is 23.2 Å². The van der Waals surface area contributed by atoms with Crippen LogP contribution in [0.3, 0.4) is 0 Å². The van der Waals surface area contributed by atoms with Crippen LogP contribution in [0.25, 0.3) is 5.69 Å². The molecule has 2 unspecified atom stereocenters. The van der Waals surface area contributed by atoms with Crippen LogP contribution < -0.4 is 4.72 Å². The molecule has 2 atom stereocenters. The first-order valence-electron chi connectivity index (χ1n) is 12.2. The first kappa shape index (κ1) is 27.6. The number of aromatic nitrogens is 3. The van der Waals surface area contributed by atoms with Crippen LogP contribution >= 0.6 is 35.0 Å². The SMILES string of the molecule is CC1(C)C2CCC1(CS(=O)(=O)NCc1nnc(SCc3ccc(F)cc3)n1-c1ccc(Cl)cc1Cl)C(=O)C2. The van der Waals surface area contributed by atoms with E-state index in [9.17, 15) is 17.6 Å². The van der Waals surface area contributed by atoms with E-state index in [2.05, 4.69) is 14.9 Å². The molecule has 2 saturated carbocycles. The summed E-state index contributed by atoms with van der Waals surface area (Å²) < 4.78 is 44.2. The second-order valence-electron chi connectivity index (χ2n) is 10.5. The van der Waals surface area contributed by atoms with Gasteiger partial charge in [-0.3, -0.25) is 9.36 Å². The number of carbonyl (C=O) groups excluding carboxylic acids is 1. The average molecular weight is 598 g/mol. The summed E-state index contributed by atoms with van der Waals surface area (Å²) in [6.45, 7) is 3.88. The molecule has 202 valence electrons. The molecule has 2 bridgehead atoms. The van der Waals surface area contributed by atoms with Crippen molar-refractivity contribution in [2.45, 2.75) is 50.6 Å². The van der Waals surface area contributed by atoms with Gasteiger partial charge in [0.1, 0.15) is 11.6 Å². The number of hydrogen-bond acceptors (Lipinski definition) is 6. The normalized spacial score (nSPS) is 22.3. The third-order valence-electron chi connectivity index (χ3n) is 8.16. The Balaban J connectivity index is 1.40.